The van der Waals surface area contributed by atoms with Crippen molar-refractivity contribution in [1.29, 1.82) is 0 Å². The molecule has 0 spiro atoms. The Morgan fingerprint density at radius 2 is 1.82 bits per heavy atom. The molecule has 1 fully saturated rings. The van der Waals surface area contributed by atoms with Crippen molar-refractivity contribution in [2.24, 2.45) is 11.5 Å². The average molecular weight is 612 g/mol. The van der Waals surface area contributed by atoms with Gasteiger partial charge < -0.3 is 36.9 Å². The van der Waals surface area contributed by atoms with Crippen molar-refractivity contribution in [2.75, 3.05) is 25.9 Å². The van der Waals surface area contributed by atoms with Crippen molar-refractivity contribution in [1.82, 2.24) is 10.2 Å². The summed E-state index contributed by atoms with van der Waals surface area (Å²) >= 11 is 1.17. The topological polar surface area (TPSA) is 163 Å². The number of ketones is 1. The quantitative estimate of drug-likeness (QED) is 0.182. The summed E-state index contributed by atoms with van der Waals surface area (Å²) in [6.45, 7) is 5.97. The Bertz CT molecular complexity index is 1820. The van der Waals surface area contributed by atoms with Gasteiger partial charge in [0.15, 0.2) is 5.78 Å². The van der Waals surface area contributed by atoms with Crippen molar-refractivity contribution in [2.45, 2.75) is 30.7 Å². The summed E-state index contributed by atoms with van der Waals surface area (Å²) in [5.74, 6) is 0.154. The zero-order valence-corrected chi connectivity index (χ0v) is 25.1. The number of Topliss-reactive ketones (excluding diaryl/α,β-unsaturated/α-hetero) is 1. The first kappa shape index (κ1) is 29.5. The molecular formula is C33H33N5O5S. The molecule has 226 valence electrons. The van der Waals surface area contributed by atoms with Gasteiger partial charge in [-0.05, 0) is 60.0 Å². The number of nitrogens with two attached hydrogens (primary N) is 3. The van der Waals surface area contributed by atoms with Crippen LogP contribution >= 0.6 is 11.3 Å². The minimum atomic E-state index is -1.60. The van der Waals surface area contributed by atoms with Gasteiger partial charge in [-0.15, -0.1) is 11.3 Å². The summed E-state index contributed by atoms with van der Waals surface area (Å²) in [7, 11) is 1.53. The molecule has 11 heteroatoms. The number of rotatable bonds is 7. The highest BCUT2D eigenvalue weighted by molar-refractivity contribution is 7.21. The Hall–Kier alpha value is -4.55. The molecule has 2 amide bonds. The van der Waals surface area contributed by atoms with Gasteiger partial charge in [-0.2, -0.15) is 0 Å². The summed E-state index contributed by atoms with van der Waals surface area (Å²) < 4.78 is 12.2. The number of aryl methyl sites for hydroxylation is 1. The Balaban J connectivity index is 1.40. The number of hydrogen-bond acceptors (Lipinski definition) is 9. The van der Waals surface area contributed by atoms with E-state index >= 15 is 0 Å². The summed E-state index contributed by atoms with van der Waals surface area (Å²) in [5.41, 5.74) is 21.2. The predicted molar refractivity (Wildman–Crippen MR) is 170 cm³/mol. The molecule has 6 rings (SSSR count). The molecule has 1 aromatic heterocycles. The SMILES string of the molecule is C=CC(=O)N1C[C@H](NC(=O)c2sc3c(N)ccc4c3c2C(N)C(=O)C4(N)c2ccc(Oc3ccccc3)cc2C)[C@@H](OC)C1. The lowest BCUT2D eigenvalue weighted by molar-refractivity contribution is -0.125. The number of amides is 2. The third-order valence-electron chi connectivity index (χ3n) is 8.49. The second-order valence-electron chi connectivity index (χ2n) is 11.1. The molecule has 2 unspecified atom stereocenters. The van der Waals surface area contributed by atoms with E-state index in [4.69, 9.17) is 26.7 Å². The van der Waals surface area contributed by atoms with Crippen LogP contribution < -0.4 is 27.3 Å². The van der Waals surface area contributed by atoms with E-state index in [1.807, 2.05) is 43.3 Å². The molecule has 0 radical (unpaired) electrons. The monoisotopic (exact) mass is 611 g/mol. The molecule has 2 aliphatic rings. The molecule has 44 heavy (non-hydrogen) atoms. The van der Waals surface area contributed by atoms with Crippen LogP contribution in [-0.4, -0.2) is 54.8 Å². The van der Waals surface area contributed by atoms with Gasteiger partial charge in [0.2, 0.25) is 5.91 Å². The number of methoxy groups -OCH3 is 1. The minimum absolute atomic E-state index is 0.250. The van der Waals surface area contributed by atoms with E-state index in [1.165, 1.54) is 24.5 Å². The fourth-order valence-electron chi connectivity index (χ4n) is 6.29. The Morgan fingerprint density at radius 1 is 1.09 bits per heavy atom. The number of likely N-dealkylation sites (tertiary alicyclic amines) is 1. The van der Waals surface area contributed by atoms with Crippen LogP contribution in [0.15, 0.2) is 73.3 Å². The summed E-state index contributed by atoms with van der Waals surface area (Å²) in [5, 5.41) is 3.60. The van der Waals surface area contributed by atoms with Gasteiger partial charge >= 0.3 is 0 Å². The standard InChI is InChI=1S/C33H33N5O5S/c1-4-25(39)38-15-23(24(16-38)42-3)37-32(41)30-27-26-21(12-13-22(34)29(26)44-30)33(36,31(40)28(27)35)20-11-10-19(14-17(20)2)43-18-8-6-5-7-9-18/h4-14,23-24,28H,1,15-16,34-36H2,2-3H3,(H,37,41)/t23-,24-,28?,33?/m0/s1. The van der Waals surface area contributed by atoms with Crippen molar-refractivity contribution >= 4 is 44.7 Å². The van der Waals surface area contributed by atoms with Crippen molar-refractivity contribution in [3.8, 4) is 11.5 Å². The normalized spacial score (nSPS) is 22.7. The number of nitrogens with one attached hydrogen (secondary N) is 1. The number of hydrogen-bond donors (Lipinski definition) is 4. The van der Waals surface area contributed by atoms with Crippen molar-refractivity contribution < 1.29 is 23.9 Å². The first-order valence-corrected chi connectivity index (χ1v) is 14.9. The van der Waals surface area contributed by atoms with Crippen molar-refractivity contribution in [3.05, 3.63) is 100 Å². The van der Waals surface area contributed by atoms with Gasteiger partial charge in [0.05, 0.1) is 27.8 Å². The van der Waals surface area contributed by atoms with Crippen LogP contribution in [0.1, 0.15) is 38.0 Å². The highest BCUT2D eigenvalue weighted by Crippen LogP contribution is 2.50. The van der Waals surface area contributed by atoms with Gasteiger partial charge in [-0.1, -0.05) is 36.9 Å². The van der Waals surface area contributed by atoms with Crippen LogP contribution in [0, 0.1) is 6.92 Å². The van der Waals surface area contributed by atoms with E-state index in [1.54, 1.807) is 29.2 Å². The molecule has 2 heterocycles. The molecule has 7 N–H and O–H groups in total. The van der Waals surface area contributed by atoms with E-state index in [2.05, 4.69) is 11.9 Å². The van der Waals surface area contributed by atoms with Crippen LogP contribution in [0.25, 0.3) is 10.1 Å². The van der Waals surface area contributed by atoms with Gasteiger partial charge in [0.25, 0.3) is 5.91 Å². The molecule has 10 nitrogen and oxygen atoms in total. The third-order valence-corrected chi connectivity index (χ3v) is 9.75. The highest BCUT2D eigenvalue weighted by Gasteiger charge is 2.49. The molecular weight excluding hydrogens is 578 g/mol. The second kappa shape index (κ2) is 11.2. The highest BCUT2D eigenvalue weighted by atomic mass is 32.1. The number of nitrogen functional groups attached to an aromatic ring is 1. The predicted octanol–water partition coefficient (Wildman–Crippen LogP) is 3.51. The largest absolute Gasteiger partial charge is 0.457 e. The molecule has 3 aromatic carbocycles. The number of carbonyl (C=O) groups excluding carboxylic acids is 3. The van der Waals surface area contributed by atoms with Gasteiger partial charge in [0, 0.05) is 36.8 Å². The van der Waals surface area contributed by atoms with Gasteiger partial charge in [-0.3, -0.25) is 14.4 Å². The Morgan fingerprint density at radius 3 is 2.50 bits per heavy atom. The number of ether oxygens (including phenoxy) is 2. The van der Waals surface area contributed by atoms with Crippen LogP contribution in [0.3, 0.4) is 0 Å². The van der Waals surface area contributed by atoms with E-state index < -0.39 is 35.4 Å². The number of benzene rings is 3. The molecule has 1 saturated heterocycles. The van der Waals surface area contributed by atoms with E-state index in [9.17, 15) is 14.4 Å². The summed E-state index contributed by atoms with van der Waals surface area (Å²) in [6.07, 6.45) is 0.810. The smallest absolute Gasteiger partial charge is 0.262 e. The third kappa shape index (κ3) is 4.65. The number of para-hydroxylation sites is 1. The lowest BCUT2D eigenvalue weighted by Crippen LogP contribution is -2.53. The Kier molecular flexibility index (Phi) is 7.50. The number of carbonyl (C=O) groups is 3. The van der Waals surface area contributed by atoms with Gasteiger partial charge in [-0.25, -0.2) is 0 Å². The molecule has 1 aliphatic heterocycles. The maximum absolute atomic E-state index is 14.2. The Labute approximate surface area is 258 Å². The first-order valence-electron chi connectivity index (χ1n) is 14.1. The number of nitrogens with zero attached hydrogens (tertiary/aromatic N) is 1. The van der Waals surface area contributed by atoms with Crippen LogP contribution in [0.4, 0.5) is 5.69 Å². The number of anilines is 1. The zero-order chi connectivity index (χ0) is 31.3. The van der Waals surface area contributed by atoms with Crippen molar-refractivity contribution in [3.63, 3.8) is 0 Å². The first-order chi connectivity index (χ1) is 21.1. The second-order valence-corrected chi connectivity index (χ2v) is 12.1. The molecule has 4 aromatic rings. The molecule has 0 saturated carbocycles. The zero-order valence-electron chi connectivity index (χ0n) is 24.3. The summed E-state index contributed by atoms with van der Waals surface area (Å²) in [4.78, 5) is 42.1. The van der Waals surface area contributed by atoms with Gasteiger partial charge in [0.1, 0.15) is 17.0 Å². The number of thiophene rings is 1. The van der Waals surface area contributed by atoms with Crippen LogP contribution in [0.5, 0.6) is 11.5 Å². The van der Waals surface area contributed by atoms with E-state index in [0.29, 0.717) is 50.5 Å². The van der Waals surface area contributed by atoms with Crippen LogP contribution in [0.2, 0.25) is 0 Å². The maximum Gasteiger partial charge on any atom is 0.262 e. The fraction of sp³-hybridized carbons (Fsp3) is 0.242. The maximum atomic E-state index is 14.2. The average Bonchev–Trinajstić information content (AvgIpc) is 3.62. The summed E-state index contributed by atoms with van der Waals surface area (Å²) in [6, 6.07) is 16.5. The minimum Gasteiger partial charge on any atom is -0.457 e. The van der Waals surface area contributed by atoms with E-state index in [0.717, 1.165) is 5.56 Å². The molecule has 4 atom stereocenters. The lowest BCUT2D eigenvalue weighted by Gasteiger charge is -2.37. The molecule has 0 bridgehead atoms. The van der Waals surface area contributed by atoms with E-state index in [-0.39, 0.29) is 17.3 Å². The van der Waals surface area contributed by atoms with Crippen LogP contribution in [-0.2, 0) is 19.9 Å². The lowest BCUT2D eigenvalue weighted by atomic mass is 9.69. The fourth-order valence-corrected chi connectivity index (χ4v) is 7.49. The molecule has 1 aliphatic carbocycles.